The smallest absolute Gasteiger partial charge is 0.251 e. The second-order valence-corrected chi connectivity index (χ2v) is 9.98. The van der Waals surface area contributed by atoms with Crippen LogP contribution in [0.5, 0.6) is 0 Å². The van der Waals surface area contributed by atoms with Gasteiger partial charge in [-0.1, -0.05) is 48.5 Å². The van der Waals surface area contributed by atoms with Crippen molar-refractivity contribution < 1.29 is 17.9 Å². The van der Waals surface area contributed by atoms with Crippen LogP contribution in [0.4, 0.5) is 0 Å². The Labute approximate surface area is 195 Å². The molecule has 1 aliphatic rings. The fourth-order valence-electron chi connectivity index (χ4n) is 3.94. The molecular weight excluding hydrogens is 436 g/mol. The van der Waals surface area contributed by atoms with Gasteiger partial charge >= 0.3 is 0 Å². The molecule has 2 N–H and O–H groups in total. The van der Waals surface area contributed by atoms with Crippen molar-refractivity contribution in [3.8, 4) is 11.1 Å². The number of amides is 1. The lowest BCUT2D eigenvalue weighted by Crippen LogP contribution is -2.31. The summed E-state index contributed by atoms with van der Waals surface area (Å²) >= 11 is 0. The quantitative estimate of drug-likeness (QED) is 0.527. The van der Waals surface area contributed by atoms with Crippen molar-refractivity contribution in [1.29, 1.82) is 0 Å². The minimum absolute atomic E-state index is 0.0739. The Hall–Kier alpha value is -3.00. The van der Waals surface area contributed by atoms with Gasteiger partial charge in [-0.15, -0.1) is 0 Å². The van der Waals surface area contributed by atoms with E-state index in [-0.39, 0.29) is 23.5 Å². The number of sulfonamides is 1. The molecule has 172 valence electrons. The summed E-state index contributed by atoms with van der Waals surface area (Å²) in [4.78, 5) is 12.7. The Balaban J connectivity index is 1.34. The molecule has 1 saturated heterocycles. The van der Waals surface area contributed by atoms with Crippen LogP contribution in [0, 0.1) is 6.92 Å². The number of benzene rings is 3. The largest absolute Gasteiger partial charge is 0.377 e. The number of hydrogen-bond acceptors (Lipinski definition) is 4. The van der Waals surface area contributed by atoms with Gasteiger partial charge in [0.15, 0.2) is 0 Å². The molecule has 4 rings (SSSR count). The van der Waals surface area contributed by atoms with Crippen LogP contribution in [0.25, 0.3) is 11.1 Å². The highest BCUT2D eigenvalue weighted by molar-refractivity contribution is 7.89. The number of aryl methyl sites for hydroxylation is 1. The number of carbonyl (C=O) groups is 1. The maximum atomic E-state index is 12.6. The Kier molecular flexibility index (Phi) is 7.23. The molecule has 3 aromatic carbocycles. The molecule has 0 saturated carbocycles. The van der Waals surface area contributed by atoms with Crippen molar-refractivity contribution in [2.24, 2.45) is 0 Å². The molecule has 33 heavy (non-hydrogen) atoms. The molecule has 0 bridgehead atoms. The van der Waals surface area contributed by atoms with Crippen LogP contribution in [0.15, 0.2) is 77.7 Å². The number of carbonyl (C=O) groups excluding carboxylic acids is 1. The number of hydrogen-bond donors (Lipinski definition) is 2. The van der Waals surface area contributed by atoms with Crippen molar-refractivity contribution in [3.05, 3.63) is 89.5 Å². The summed E-state index contributed by atoms with van der Waals surface area (Å²) in [6.45, 7) is 3.37. The molecule has 3 aromatic rings. The van der Waals surface area contributed by atoms with E-state index < -0.39 is 10.0 Å². The highest BCUT2D eigenvalue weighted by Crippen LogP contribution is 2.24. The van der Waals surface area contributed by atoms with Gasteiger partial charge < -0.3 is 10.1 Å². The van der Waals surface area contributed by atoms with Gasteiger partial charge in [0.25, 0.3) is 5.91 Å². The van der Waals surface area contributed by atoms with Crippen molar-refractivity contribution in [1.82, 2.24) is 10.0 Å². The Bertz CT molecular complexity index is 1200. The molecule has 7 heteroatoms. The van der Waals surface area contributed by atoms with Gasteiger partial charge in [0.1, 0.15) is 0 Å². The Morgan fingerprint density at radius 1 is 1.03 bits per heavy atom. The standard InChI is InChI=1S/C26H28N2O4S/c1-19-16-20(9-14-25(19)21-6-3-2-4-7-21)17-27-26(29)22-10-12-24(13-11-22)33(30,31)28-18-23-8-5-15-32-23/h2-4,6-7,9-14,16,23,28H,5,8,15,17-18H2,1H3,(H,27,29). The zero-order valence-electron chi connectivity index (χ0n) is 18.6. The summed E-state index contributed by atoms with van der Waals surface area (Å²) in [6.07, 6.45) is 1.73. The predicted molar refractivity (Wildman–Crippen MR) is 128 cm³/mol. The molecule has 1 heterocycles. The van der Waals surface area contributed by atoms with Gasteiger partial charge in [0.05, 0.1) is 11.0 Å². The van der Waals surface area contributed by atoms with E-state index in [0.29, 0.717) is 18.7 Å². The van der Waals surface area contributed by atoms with E-state index in [2.05, 4.69) is 41.2 Å². The predicted octanol–water partition coefficient (Wildman–Crippen LogP) is 4.05. The van der Waals surface area contributed by atoms with Gasteiger partial charge in [-0.3, -0.25) is 4.79 Å². The molecule has 0 spiro atoms. The molecule has 1 amide bonds. The number of rotatable bonds is 8. The minimum Gasteiger partial charge on any atom is -0.377 e. The average Bonchev–Trinajstić information content (AvgIpc) is 3.36. The summed E-state index contributed by atoms with van der Waals surface area (Å²) in [7, 11) is -3.64. The zero-order chi connectivity index (χ0) is 23.3. The summed E-state index contributed by atoms with van der Waals surface area (Å²) < 4.78 is 33.0. The fourth-order valence-corrected chi connectivity index (χ4v) is 5.00. The van der Waals surface area contributed by atoms with Crippen molar-refractivity contribution in [3.63, 3.8) is 0 Å². The first-order chi connectivity index (χ1) is 15.9. The van der Waals surface area contributed by atoms with Gasteiger partial charge in [-0.2, -0.15) is 0 Å². The summed E-state index contributed by atoms with van der Waals surface area (Å²) in [5, 5.41) is 2.90. The molecule has 1 fully saturated rings. The first-order valence-electron chi connectivity index (χ1n) is 11.1. The highest BCUT2D eigenvalue weighted by Gasteiger charge is 2.20. The van der Waals surface area contributed by atoms with Crippen molar-refractivity contribution in [2.75, 3.05) is 13.2 Å². The van der Waals surface area contributed by atoms with E-state index in [9.17, 15) is 13.2 Å². The third kappa shape index (κ3) is 5.87. The highest BCUT2D eigenvalue weighted by atomic mass is 32.2. The first kappa shape index (κ1) is 23.2. The maximum Gasteiger partial charge on any atom is 0.251 e. The lowest BCUT2D eigenvalue weighted by molar-refractivity contribution is 0.0950. The fraction of sp³-hybridized carbons (Fsp3) is 0.269. The van der Waals surface area contributed by atoms with Crippen molar-refractivity contribution >= 4 is 15.9 Å². The van der Waals surface area contributed by atoms with E-state index in [1.807, 2.05) is 24.3 Å². The molecule has 0 aromatic heterocycles. The van der Waals surface area contributed by atoms with E-state index >= 15 is 0 Å². The summed E-state index contributed by atoms with van der Waals surface area (Å²) in [5.41, 5.74) is 4.86. The topological polar surface area (TPSA) is 84.5 Å². The van der Waals surface area contributed by atoms with E-state index in [4.69, 9.17) is 4.74 Å². The zero-order valence-corrected chi connectivity index (χ0v) is 19.4. The molecule has 1 atom stereocenters. The van der Waals surface area contributed by atoms with Crippen LogP contribution in [0.3, 0.4) is 0 Å². The molecule has 0 aliphatic carbocycles. The third-order valence-corrected chi connectivity index (χ3v) is 7.22. The maximum absolute atomic E-state index is 12.6. The number of ether oxygens (including phenoxy) is 1. The molecule has 1 aliphatic heterocycles. The van der Waals surface area contributed by atoms with E-state index in [1.54, 1.807) is 0 Å². The van der Waals surface area contributed by atoms with Crippen molar-refractivity contribution in [2.45, 2.75) is 37.3 Å². The normalized spacial score (nSPS) is 16.0. The third-order valence-electron chi connectivity index (χ3n) is 5.78. The Morgan fingerprint density at radius 2 is 1.79 bits per heavy atom. The lowest BCUT2D eigenvalue weighted by Gasteiger charge is -2.12. The lowest BCUT2D eigenvalue weighted by atomic mass is 9.98. The van der Waals surface area contributed by atoms with Crippen LogP contribution in [0.2, 0.25) is 0 Å². The van der Waals surface area contributed by atoms with Crippen LogP contribution in [-0.2, 0) is 21.3 Å². The molecule has 6 nitrogen and oxygen atoms in total. The van der Waals surface area contributed by atoms with E-state index in [0.717, 1.165) is 35.1 Å². The van der Waals surface area contributed by atoms with Crippen LogP contribution in [-0.4, -0.2) is 33.6 Å². The first-order valence-corrected chi connectivity index (χ1v) is 12.6. The monoisotopic (exact) mass is 464 g/mol. The van der Waals surface area contributed by atoms with Crippen LogP contribution < -0.4 is 10.0 Å². The van der Waals surface area contributed by atoms with Gasteiger partial charge in [-0.25, -0.2) is 13.1 Å². The molecular formula is C26H28N2O4S. The van der Waals surface area contributed by atoms with E-state index in [1.165, 1.54) is 24.3 Å². The van der Waals surface area contributed by atoms with Gasteiger partial charge in [0.2, 0.25) is 10.0 Å². The minimum atomic E-state index is -3.64. The SMILES string of the molecule is Cc1cc(CNC(=O)c2ccc(S(=O)(=O)NCC3CCCO3)cc2)ccc1-c1ccccc1. The van der Waals surface area contributed by atoms with Gasteiger partial charge in [0, 0.05) is 25.3 Å². The Morgan fingerprint density at radius 3 is 2.45 bits per heavy atom. The second-order valence-electron chi connectivity index (χ2n) is 8.21. The molecule has 0 radical (unpaired) electrons. The summed E-state index contributed by atoms with van der Waals surface area (Å²) in [6, 6.07) is 22.3. The summed E-state index contributed by atoms with van der Waals surface area (Å²) in [5.74, 6) is -0.254. The van der Waals surface area contributed by atoms with Gasteiger partial charge in [-0.05, 0) is 66.3 Å². The number of nitrogens with one attached hydrogen (secondary N) is 2. The molecule has 1 unspecified atom stereocenters. The van der Waals surface area contributed by atoms with Crippen LogP contribution >= 0.6 is 0 Å². The average molecular weight is 465 g/mol. The second kappa shape index (κ2) is 10.3. The van der Waals surface area contributed by atoms with Crippen LogP contribution in [0.1, 0.15) is 34.3 Å².